The molecule has 0 aliphatic carbocycles. The summed E-state index contributed by atoms with van der Waals surface area (Å²) in [4.78, 5) is 30.1. The first-order valence-corrected chi connectivity index (χ1v) is 10.5. The van der Waals surface area contributed by atoms with Crippen LogP contribution in [-0.2, 0) is 14.3 Å². The van der Waals surface area contributed by atoms with Gasteiger partial charge in [-0.05, 0) is 56.7 Å². The monoisotopic (exact) mass is 374 g/mol. The summed E-state index contributed by atoms with van der Waals surface area (Å²) in [5.74, 6) is 0.470. The fraction of sp³-hybridized carbons (Fsp3) is 0.600. The topological polar surface area (TPSA) is 49.9 Å². The standard InChI is InChI=1S/C20H26N2O3S/c1-15-4-5-16-17(12-15)26-14-19(24)22(16)13-18(23)21-9-2-6-20(8-10-21)7-3-11-25-20/h4-5,12H,2-3,6-11,13-14H2,1H3. The Bertz CT molecular complexity index is 715. The van der Waals surface area contributed by atoms with E-state index in [4.69, 9.17) is 4.74 Å². The van der Waals surface area contributed by atoms with Gasteiger partial charge in [-0.15, -0.1) is 11.8 Å². The molecule has 0 saturated carbocycles. The first-order valence-electron chi connectivity index (χ1n) is 9.52. The van der Waals surface area contributed by atoms with Crippen molar-refractivity contribution in [2.75, 3.05) is 36.9 Å². The Morgan fingerprint density at radius 3 is 2.88 bits per heavy atom. The summed E-state index contributed by atoms with van der Waals surface area (Å²) in [7, 11) is 0. The van der Waals surface area contributed by atoms with Crippen molar-refractivity contribution in [3.8, 4) is 0 Å². The number of carbonyl (C=O) groups excluding carboxylic acids is 2. The summed E-state index contributed by atoms with van der Waals surface area (Å²) in [6.07, 6.45) is 5.18. The van der Waals surface area contributed by atoms with Gasteiger partial charge in [0.2, 0.25) is 11.8 Å². The third-order valence-corrected chi connectivity index (χ3v) is 6.82. The predicted octanol–water partition coefficient (Wildman–Crippen LogP) is 3.00. The lowest BCUT2D eigenvalue weighted by molar-refractivity contribution is -0.131. The molecule has 1 aromatic rings. The molecule has 0 aromatic heterocycles. The number of nitrogens with zero attached hydrogens (tertiary/aromatic N) is 2. The highest BCUT2D eigenvalue weighted by molar-refractivity contribution is 8.00. The number of thioether (sulfide) groups is 1. The minimum absolute atomic E-state index is 0.00323. The van der Waals surface area contributed by atoms with Crippen LogP contribution in [0.25, 0.3) is 0 Å². The molecule has 2 amide bonds. The van der Waals surface area contributed by atoms with Gasteiger partial charge in [0.15, 0.2) is 0 Å². The summed E-state index contributed by atoms with van der Waals surface area (Å²) >= 11 is 1.56. The second-order valence-electron chi connectivity index (χ2n) is 7.61. The maximum absolute atomic E-state index is 12.9. The fourth-order valence-electron chi connectivity index (χ4n) is 4.29. The van der Waals surface area contributed by atoms with E-state index in [1.165, 1.54) is 5.56 Å². The van der Waals surface area contributed by atoms with Crippen LogP contribution in [0.2, 0.25) is 0 Å². The molecule has 3 aliphatic rings. The molecule has 2 fully saturated rings. The number of likely N-dealkylation sites (tertiary alicyclic amines) is 1. The first-order chi connectivity index (χ1) is 12.6. The minimum Gasteiger partial charge on any atom is -0.375 e. The van der Waals surface area contributed by atoms with Crippen molar-refractivity contribution in [3.05, 3.63) is 23.8 Å². The van der Waals surface area contributed by atoms with E-state index < -0.39 is 0 Å². The Kier molecular flexibility index (Phi) is 4.97. The molecule has 4 rings (SSSR count). The van der Waals surface area contributed by atoms with Gasteiger partial charge in [-0.1, -0.05) is 6.07 Å². The molecule has 5 nitrogen and oxygen atoms in total. The smallest absolute Gasteiger partial charge is 0.242 e. The third kappa shape index (κ3) is 3.49. The van der Waals surface area contributed by atoms with Crippen LogP contribution in [-0.4, -0.2) is 54.3 Å². The van der Waals surface area contributed by atoms with Crippen LogP contribution >= 0.6 is 11.8 Å². The lowest BCUT2D eigenvalue weighted by Crippen LogP contribution is -2.45. The number of rotatable bonds is 2. The van der Waals surface area contributed by atoms with Gasteiger partial charge in [-0.25, -0.2) is 0 Å². The maximum atomic E-state index is 12.9. The second-order valence-corrected chi connectivity index (χ2v) is 8.63. The van der Waals surface area contributed by atoms with Crippen LogP contribution in [0.1, 0.15) is 37.7 Å². The quantitative estimate of drug-likeness (QED) is 0.799. The van der Waals surface area contributed by atoms with E-state index in [0.29, 0.717) is 5.75 Å². The average Bonchev–Trinajstić information content (AvgIpc) is 2.98. The van der Waals surface area contributed by atoms with E-state index >= 15 is 0 Å². The molecule has 3 heterocycles. The van der Waals surface area contributed by atoms with E-state index in [1.807, 2.05) is 24.0 Å². The molecule has 0 radical (unpaired) electrons. The molecular formula is C20H26N2O3S. The number of anilines is 1. The Balaban J connectivity index is 1.45. The van der Waals surface area contributed by atoms with Crippen LogP contribution in [0.15, 0.2) is 23.1 Å². The molecule has 1 atom stereocenters. The average molecular weight is 375 g/mol. The summed E-state index contributed by atoms with van der Waals surface area (Å²) in [6, 6.07) is 6.06. The second kappa shape index (κ2) is 7.24. The molecule has 1 unspecified atom stereocenters. The van der Waals surface area contributed by atoms with E-state index in [1.54, 1.807) is 16.7 Å². The van der Waals surface area contributed by atoms with Crippen molar-refractivity contribution in [2.45, 2.75) is 49.5 Å². The van der Waals surface area contributed by atoms with Crippen molar-refractivity contribution in [1.29, 1.82) is 0 Å². The highest BCUT2D eigenvalue weighted by atomic mass is 32.2. The zero-order chi connectivity index (χ0) is 18.1. The number of carbonyl (C=O) groups is 2. The molecular weight excluding hydrogens is 348 g/mol. The Labute approximate surface area is 159 Å². The molecule has 1 spiro atoms. The van der Waals surface area contributed by atoms with Crippen molar-refractivity contribution >= 4 is 29.3 Å². The van der Waals surface area contributed by atoms with Crippen LogP contribution in [0.4, 0.5) is 5.69 Å². The number of aryl methyl sites for hydroxylation is 1. The molecule has 0 bridgehead atoms. The van der Waals surface area contributed by atoms with Gasteiger partial charge in [-0.3, -0.25) is 9.59 Å². The fourth-order valence-corrected chi connectivity index (χ4v) is 5.32. The van der Waals surface area contributed by atoms with Gasteiger partial charge in [0, 0.05) is 24.6 Å². The predicted molar refractivity (Wildman–Crippen MR) is 103 cm³/mol. The molecule has 140 valence electrons. The first kappa shape index (κ1) is 17.9. The van der Waals surface area contributed by atoms with Gasteiger partial charge in [-0.2, -0.15) is 0 Å². The molecule has 1 aromatic carbocycles. The number of hydrogen-bond acceptors (Lipinski definition) is 4. The minimum atomic E-state index is -0.00323. The Morgan fingerprint density at radius 2 is 2.08 bits per heavy atom. The number of fused-ring (bicyclic) bond motifs is 1. The maximum Gasteiger partial charge on any atom is 0.242 e. The molecule has 2 saturated heterocycles. The summed E-state index contributed by atoms with van der Waals surface area (Å²) in [6.45, 7) is 4.54. The number of hydrogen-bond donors (Lipinski definition) is 0. The largest absolute Gasteiger partial charge is 0.375 e. The van der Waals surface area contributed by atoms with Crippen LogP contribution in [0.5, 0.6) is 0 Å². The lowest BCUT2D eigenvalue weighted by Gasteiger charge is -2.31. The molecule has 3 aliphatic heterocycles. The lowest BCUT2D eigenvalue weighted by atomic mass is 9.92. The Morgan fingerprint density at radius 1 is 1.23 bits per heavy atom. The van der Waals surface area contributed by atoms with E-state index in [9.17, 15) is 9.59 Å². The normalized spacial score (nSPS) is 26.1. The van der Waals surface area contributed by atoms with Gasteiger partial charge >= 0.3 is 0 Å². The van der Waals surface area contributed by atoms with Crippen molar-refractivity contribution in [1.82, 2.24) is 4.90 Å². The van der Waals surface area contributed by atoms with Crippen LogP contribution < -0.4 is 4.90 Å². The number of ether oxygens (including phenoxy) is 1. The van der Waals surface area contributed by atoms with E-state index in [2.05, 4.69) is 6.07 Å². The van der Waals surface area contributed by atoms with Crippen LogP contribution in [0, 0.1) is 6.92 Å². The molecule has 0 N–H and O–H groups in total. The van der Waals surface area contributed by atoms with E-state index in [-0.39, 0.29) is 24.0 Å². The van der Waals surface area contributed by atoms with Crippen molar-refractivity contribution < 1.29 is 14.3 Å². The van der Waals surface area contributed by atoms with Gasteiger partial charge < -0.3 is 14.5 Å². The van der Waals surface area contributed by atoms with E-state index in [0.717, 1.165) is 62.4 Å². The summed E-state index contributed by atoms with van der Waals surface area (Å²) in [5, 5.41) is 0. The number of amides is 2. The van der Waals surface area contributed by atoms with Crippen LogP contribution in [0.3, 0.4) is 0 Å². The highest BCUT2D eigenvalue weighted by Gasteiger charge is 2.38. The highest BCUT2D eigenvalue weighted by Crippen LogP contribution is 2.37. The zero-order valence-corrected chi connectivity index (χ0v) is 16.1. The van der Waals surface area contributed by atoms with Gasteiger partial charge in [0.1, 0.15) is 6.54 Å². The number of benzene rings is 1. The molecule has 26 heavy (non-hydrogen) atoms. The Hall–Kier alpha value is -1.53. The molecule has 6 heteroatoms. The summed E-state index contributed by atoms with van der Waals surface area (Å²) < 4.78 is 6.01. The third-order valence-electron chi connectivity index (χ3n) is 5.79. The zero-order valence-electron chi connectivity index (χ0n) is 15.3. The summed E-state index contributed by atoms with van der Waals surface area (Å²) in [5.41, 5.74) is 2.04. The van der Waals surface area contributed by atoms with Crippen molar-refractivity contribution in [2.24, 2.45) is 0 Å². The SMILES string of the molecule is Cc1ccc2c(c1)SCC(=O)N2CC(=O)N1CCCC2(CCCO2)CC1. The van der Waals surface area contributed by atoms with Gasteiger partial charge in [0.25, 0.3) is 0 Å². The van der Waals surface area contributed by atoms with Crippen molar-refractivity contribution in [3.63, 3.8) is 0 Å². The van der Waals surface area contributed by atoms with Gasteiger partial charge in [0.05, 0.1) is 17.0 Å².